The molecule has 0 spiro atoms. The summed E-state index contributed by atoms with van der Waals surface area (Å²) < 4.78 is 5.37. The van der Waals surface area contributed by atoms with Crippen molar-refractivity contribution in [2.75, 3.05) is 33.3 Å². The van der Waals surface area contributed by atoms with Crippen LogP contribution in [0.2, 0.25) is 0 Å². The molecule has 0 aliphatic carbocycles. The third-order valence-electron chi connectivity index (χ3n) is 5.05. The standard InChI is InChI=1S/C22H28N2O2/c1-18-7-9-19(10-8-18)17-23-13-15-24(16-14-23)22(25)12-11-20-5-3-4-6-21(20)26-2/h3-10H,11-17H2,1-2H3. The summed E-state index contributed by atoms with van der Waals surface area (Å²) in [6.45, 7) is 6.58. The molecule has 0 N–H and O–H groups in total. The summed E-state index contributed by atoms with van der Waals surface area (Å²) in [5, 5.41) is 0. The number of ether oxygens (including phenoxy) is 1. The van der Waals surface area contributed by atoms with Gasteiger partial charge < -0.3 is 9.64 Å². The Morgan fingerprint density at radius 3 is 2.38 bits per heavy atom. The molecule has 4 nitrogen and oxygen atoms in total. The highest BCUT2D eigenvalue weighted by atomic mass is 16.5. The summed E-state index contributed by atoms with van der Waals surface area (Å²) in [4.78, 5) is 17.0. The quantitative estimate of drug-likeness (QED) is 0.800. The zero-order valence-corrected chi connectivity index (χ0v) is 15.8. The minimum absolute atomic E-state index is 0.242. The number of amides is 1. The van der Waals surface area contributed by atoms with E-state index in [1.807, 2.05) is 29.2 Å². The van der Waals surface area contributed by atoms with E-state index in [1.54, 1.807) is 7.11 Å². The van der Waals surface area contributed by atoms with Crippen LogP contribution in [0, 0.1) is 6.92 Å². The zero-order valence-electron chi connectivity index (χ0n) is 15.8. The van der Waals surface area contributed by atoms with Gasteiger partial charge in [-0.3, -0.25) is 9.69 Å². The second kappa shape index (κ2) is 8.86. The Hall–Kier alpha value is -2.33. The number of para-hydroxylation sites is 1. The molecule has 1 amide bonds. The first-order chi connectivity index (χ1) is 12.7. The van der Waals surface area contributed by atoms with E-state index < -0.39 is 0 Å². The van der Waals surface area contributed by atoms with E-state index in [0.717, 1.165) is 50.5 Å². The molecule has 0 bridgehead atoms. The molecule has 1 aliphatic heterocycles. The lowest BCUT2D eigenvalue weighted by Crippen LogP contribution is -2.48. The summed E-state index contributed by atoms with van der Waals surface area (Å²) in [5.74, 6) is 1.11. The van der Waals surface area contributed by atoms with Crippen molar-refractivity contribution in [2.45, 2.75) is 26.3 Å². The van der Waals surface area contributed by atoms with Gasteiger partial charge in [-0.15, -0.1) is 0 Å². The van der Waals surface area contributed by atoms with Crippen LogP contribution in [0.15, 0.2) is 48.5 Å². The van der Waals surface area contributed by atoms with Crippen LogP contribution in [-0.2, 0) is 17.8 Å². The fraction of sp³-hybridized carbons (Fsp3) is 0.409. The minimum atomic E-state index is 0.242. The average Bonchev–Trinajstić information content (AvgIpc) is 2.68. The van der Waals surface area contributed by atoms with E-state index >= 15 is 0 Å². The zero-order chi connectivity index (χ0) is 18.4. The number of hydrogen-bond donors (Lipinski definition) is 0. The van der Waals surface area contributed by atoms with E-state index in [1.165, 1.54) is 11.1 Å². The van der Waals surface area contributed by atoms with Gasteiger partial charge in [0.1, 0.15) is 5.75 Å². The van der Waals surface area contributed by atoms with Gasteiger partial charge in [0.25, 0.3) is 0 Å². The van der Waals surface area contributed by atoms with Crippen LogP contribution < -0.4 is 4.74 Å². The fourth-order valence-electron chi connectivity index (χ4n) is 3.42. The van der Waals surface area contributed by atoms with Crippen molar-refractivity contribution in [2.24, 2.45) is 0 Å². The molecular formula is C22H28N2O2. The lowest BCUT2D eigenvalue weighted by atomic mass is 10.1. The lowest BCUT2D eigenvalue weighted by molar-refractivity contribution is -0.133. The number of nitrogens with zero attached hydrogens (tertiary/aromatic N) is 2. The van der Waals surface area contributed by atoms with E-state index in [9.17, 15) is 4.79 Å². The lowest BCUT2D eigenvalue weighted by Gasteiger charge is -2.35. The van der Waals surface area contributed by atoms with Crippen LogP contribution in [-0.4, -0.2) is 49.0 Å². The Labute approximate surface area is 156 Å². The number of piperazine rings is 1. The Balaban J connectivity index is 1.45. The summed E-state index contributed by atoms with van der Waals surface area (Å²) in [6, 6.07) is 16.6. The molecule has 1 aliphatic rings. The minimum Gasteiger partial charge on any atom is -0.496 e. The summed E-state index contributed by atoms with van der Waals surface area (Å²) >= 11 is 0. The molecule has 0 aromatic heterocycles. The van der Waals surface area contributed by atoms with Crippen LogP contribution in [0.1, 0.15) is 23.1 Å². The van der Waals surface area contributed by atoms with Crippen molar-refractivity contribution in [3.8, 4) is 5.75 Å². The molecule has 2 aromatic rings. The van der Waals surface area contributed by atoms with Crippen molar-refractivity contribution in [3.05, 3.63) is 65.2 Å². The SMILES string of the molecule is COc1ccccc1CCC(=O)N1CCN(Cc2ccc(C)cc2)CC1. The molecule has 0 radical (unpaired) electrons. The largest absolute Gasteiger partial charge is 0.496 e. The van der Waals surface area contributed by atoms with E-state index in [-0.39, 0.29) is 5.91 Å². The fourth-order valence-corrected chi connectivity index (χ4v) is 3.42. The van der Waals surface area contributed by atoms with Crippen LogP contribution in [0.25, 0.3) is 0 Å². The molecule has 0 atom stereocenters. The normalized spacial score (nSPS) is 15.1. The molecule has 2 aromatic carbocycles. The molecule has 4 heteroatoms. The number of methoxy groups -OCH3 is 1. The number of benzene rings is 2. The van der Waals surface area contributed by atoms with Gasteiger partial charge in [0, 0.05) is 39.1 Å². The average molecular weight is 352 g/mol. The van der Waals surface area contributed by atoms with Crippen molar-refractivity contribution in [3.63, 3.8) is 0 Å². The van der Waals surface area contributed by atoms with Crippen LogP contribution in [0.3, 0.4) is 0 Å². The smallest absolute Gasteiger partial charge is 0.222 e. The van der Waals surface area contributed by atoms with Crippen LogP contribution >= 0.6 is 0 Å². The number of rotatable bonds is 6. The maximum Gasteiger partial charge on any atom is 0.222 e. The Kier molecular flexibility index (Phi) is 6.29. The number of aryl methyl sites for hydroxylation is 2. The first-order valence-corrected chi connectivity index (χ1v) is 9.33. The van der Waals surface area contributed by atoms with Gasteiger partial charge in [-0.25, -0.2) is 0 Å². The van der Waals surface area contributed by atoms with Crippen LogP contribution in [0.4, 0.5) is 0 Å². The number of hydrogen-bond acceptors (Lipinski definition) is 3. The first-order valence-electron chi connectivity index (χ1n) is 9.33. The Morgan fingerprint density at radius 2 is 1.69 bits per heavy atom. The highest BCUT2D eigenvalue weighted by molar-refractivity contribution is 5.76. The topological polar surface area (TPSA) is 32.8 Å². The van der Waals surface area contributed by atoms with Gasteiger partial charge in [-0.05, 0) is 30.5 Å². The molecule has 3 rings (SSSR count). The molecule has 0 saturated carbocycles. The van der Waals surface area contributed by atoms with Gasteiger partial charge in [0.2, 0.25) is 5.91 Å². The monoisotopic (exact) mass is 352 g/mol. The molecule has 1 heterocycles. The maximum absolute atomic E-state index is 12.5. The Morgan fingerprint density at radius 1 is 1.00 bits per heavy atom. The predicted octanol–water partition coefficient (Wildman–Crippen LogP) is 3.28. The molecule has 1 fully saturated rings. The molecule has 0 unspecified atom stereocenters. The van der Waals surface area contributed by atoms with Gasteiger partial charge in [-0.1, -0.05) is 48.0 Å². The molecule has 1 saturated heterocycles. The highest BCUT2D eigenvalue weighted by Gasteiger charge is 2.21. The van der Waals surface area contributed by atoms with E-state index in [0.29, 0.717) is 6.42 Å². The van der Waals surface area contributed by atoms with Crippen molar-refractivity contribution >= 4 is 5.91 Å². The van der Waals surface area contributed by atoms with Crippen molar-refractivity contribution < 1.29 is 9.53 Å². The van der Waals surface area contributed by atoms with Gasteiger partial charge in [-0.2, -0.15) is 0 Å². The maximum atomic E-state index is 12.5. The van der Waals surface area contributed by atoms with Gasteiger partial charge in [0.05, 0.1) is 7.11 Å². The number of carbonyl (C=O) groups is 1. The second-order valence-corrected chi connectivity index (χ2v) is 6.95. The third-order valence-corrected chi connectivity index (χ3v) is 5.05. The predicted molar refractivity (Wildman–Crippen MR) is 104 cm³/mol. The van der Waals surface area contributed by atoms with Crippen LogP contribution in [0.5, 0.6) is 5.75 Å². The molecule has 138 valence electrons. The summed E-state index contributed by atoms with van der Waals surface area (Å²) in [7, 11) is 1.67. The van der Waals surface area contributed by atoms with E-state index in [4.69, 9.17) is 4.74 Å². The molecular weight excluding hydrogens is 324 g/mol. The third kappa shape index (κ3) is 4.85. The summed E-state index contributed by atoms with van der Waals surface area (Å²) in [5.41, 5.74) is 3.73. The van der Waals surface area contributed by atoms with E-state index in [2.05, 4.69) is 36.1 Å². The second-order valence-electron chi connectivity index (χ2n) is 6.95. The van der Waals surface area contributed by atoms with Crippen molar-refractivity contribution in [1.29, 1.82) is 0 Å². The summed E-state index contributed by atoms with van der Waals surface area (Å²) in [6.07, 6.45) is 1.27. The highest BCUT2D eigenvalue weighted by Crippen LogP contribution is 2.19. The van der Waals surface area contributed by atoms with Gasteiger partial charge in [0.15, 0.2) is 0 Å². The Bertz CT molecular complexity index is 719. The number of carbonyl (C=O) groups excluding carboxylic acids is 1. The van der Waals surface area contributed by atoms with Crippen molar-refractivity contribution in [1.82, 2.24) is 9.80 Å². The first kappa shape index (κ1) is 18.5. The molecule has 26 heavy (non-hydrogen) atoms. The van der Waals surface area contributed by atoms with Gasteiger partial charge >= 0.3 is 0 Å².